The fourth-order valence-electron chi connectivity index (χ4n) is 3.07. The van der Waals surface area contributed by atoms with Gasteiger partial charge in [-0.15, -0.1) is 0 Å². The summed E-state index contributed by atoms with van der Waals surface area (Å²) in [6, 6.07) is 15.2. The van der Waals surface area contributed by atoms with Gasteiger partial charge in [0.05, 0.1) is 0 Å². The molecule has 1 unspecified atom stereocenters. The average molecular weight is 268 g/mol. The van der Waals surface area contributed by atoms with Crippen molar-refractivity contribution in [3.8, 4) is 0 Å². The molecule has 1 fully saturated rings. The molecule has 2 aromatic rings. The van der Waals surface area contributed by atoms with Gasteiger partial charge in [0, 0.05) is 12.6 Å². The maximum atomic E-state index is 6.41. The monoisotopic (exact) mass is 268 g/mol. The van der Waals surface area contributed by atoms with E-state index in [0.717, 1.165) is 12.5 Å². The quantitative estimate of drug-likeness (QED) is 0.922. The van der Waals surface area contributed by atoms with Crippen LogP contribution in [0.15, 0.2) is 42.5 Å². The van der Waals surface area contributed by atoms with Crippen LogP contribution < -0.4 is 5.73 Å². The summed E-state index contributed by atoms with van der Waals surface area (Å²) in [6.45, 7) is 5.72. The van der Waals surface area contributed by atoms with Gasteiger partial charge >= 0.3 is 0 Å². The first kappa shape index (κ1) is 13.6. The maximum absolute atomic E-state index is 6.41. The molecule has 1 saturated heterocycles. The highest BCUT2D eigenvalue weighted by Gasteiger charge is 2.18. The minimum Gasteiger partial charge on any atom is -0.323 e. The van der Waals surface area contributed by atoms with E-state index < -0.39 is 0 Å². The van der Waals surface area contributed by atoms with Gasteiger partial charge in [-0.1, -0.05) is 43.3 Å². The van der Waals surface area contributed by atoms with Crippen molar-refractivity contribution in [2.24, 2.45) is 11.7 Å². The standard InChI is InChI=1S/C18H24N2/c1-14-8-10-20(11-9-14)13-18(19)17-7-6-15-4-2-3-5-16(15)12-17/h2-7,12,14,18H,8-11,13,19H2,1H3. The lowest BCUT2D eigenvalue weighted by molar-refractivity contribution is 0.183. The van der Waals surface area contributed by atoms with Crippen LogP contribution in [0.5, 0.6) is 0 Å². The third kappa shape index (κ3) is 3.02. The van der Waals surface area contributed by atoms with Crippen molar-refractivity contribution in [1.29, 1.82) is 0 Å². The van der Waals surface area contributed by atoms with Crippen LogP contribution in [0.4, 0.5) is 0 Å². The SMILES string of the molecule is CC1CCN(CC(N)c2ccc3ccccc3c2)CC1. The molecule has 2 nitrogen and oxygen atoms in total. The number of rotatable bonds is 3. The van der Waals surface area contributed by atoms with Crippen molar-refractivity contribution in [2.45, 2.75) is 25.8 Å². The highest BCUT2D eigenvalue weighted by molar-refractivity contribution is 5.83. The number of nitrogens with zero attached hydrogens (tertiary/aromatic N) is 1. The van der Waals surface area contributed by atoms with Crippen LogP contribution in [0.3, 0.4) is 0 Å². The maximum Gasteiger partial charge on any atom is 0.0424 e. The Bertz CT molecular complexity index is 570. The van der Waals surface area contributed by atoms with E-state index in [4.69, 9.17) is 5.73 Å². The molecule has 0 bridgehead atoms. The summed E-state index contributed by atoms with van der Waals surface area (Å²) < 4.78 is 0. The van der Waals surface area contributed by atoms with Crippen LogP contribution in [0, 0.1) is 5.92 Å². The van der Waals surface area contributed by atoms with Crippen molar-refractivity contribution in [1.82, 2.24) is 4.90 Å². The molecule has 2 N–H and O–H groups in total. The molecule has 0 amide bonds. The van der Waals surface area contributed by atoms with Gasteiger partial charge in [-0.25, -0.2) is 0 Å². The third-order valence-electron chi connectivity index (χ3n) is 4.53. The minimum atomic E-state index is 0.119. The predicted molar refractivity (Wildman–Crippen MR) is 85.7 cm³/mol. The second-order valence-corrected chi connectivity index (χ2v) is 6.20. The summed E-state index contributed by atoms with van der Waals surface area (Å²) >= 11 is 0. The fraction of sp³-hybridized carbons (Fsp3) is 0.444. The van der Waals surface area contributed by atoms with Gasteiger partial charge in [0.15, 0.2) is 0 Å². The second kappa shape index (κ2) is 5.94. The van der Waals surface area contributed by atoms with Crippen molar-refractivity contribution < 1.29 is 0 Å². The molecule has 0 aliphatic carbocycles. The van der Waals surface area contributed by atoms with E-state index in [-0.39, 0.29) is 6.04 Å². The topological polar surface area (TPSA) is 29.3 Å². The first-order chi connectivity index (χ1) is 9.72. The first-order valence-electron chi connectivity index (χ1n) is 7.69. The Morgan fingerprint density at radius 2 is 1.80 bits per heavy atom. The van der Waals surface area contributed by atoms with Gasteiger partial charge in [-0.3, -0.25) is 0 Å². The van der Waals surface area contributed by atoms with E-state index in [1.807, 2.05) is 0 Å². The molecule has 1 atom stereocenters. The van der Waals surface area contributed by atoms with Crippen molar-refractivity contribution in [2.75, 3.05) is 19.6 Å². The zero-order valence-corrected chi connectivity index (χ0v) is 12.3. The molecule has 20 heavy (non-hydrogen) atoms. The summed E-state index contributed by atoms with van der Waals surface area (Å²) in [4.78, 5) is 2.51. The van der Waals surface area contributed by atoms with Crippen molar-refractivity contribution >= 4 is 10.8 Å². The van der Waals surface area contributed by atoms with E-state index in [0.29, 0.717) is 0 Å². The van der Waals surface area contributed by atoms with Crippen LogP contribution in [-0.2, 0) is 0 Å². The zero-order chi connectivity index (χ0) is 13.9. The summed E-state index contributed by atoms with van der Waals surface area (Å²) in [6.07, 6.45) is 2.62. The molecule has 1 aliphatic rings. The van der Waals surface area contributed by atoms with Crippen LogP contribution in [0.2, 0.25) is 0 Å². The summed E-state index contributed by atoms with van der Waals surface area (Å²) in [5, 5.41) is 2.57. The third-order valence-corrected chi connectivity index (χ3v) is 4.53. The van der Waals surface area contributed by atoms with Crippen LogP contribution in [-0.4, -0.2) is 24.5 Å². The largest absolute Gasteiger partial charge is 0.323 e. The Labute approximate surface area is 121 Å². The number of fused-ring (bicyclic) bond motifs is 1. The molecule has 2 heteroatoms. The molecular weight excluding hydrogens is 244 g/mol. The number of nitrogens with two attached hydrogens (primary N) is 1. The Morgan fingerprint density at radius 1 is 1.10 bits per heavy atom. The van der Waals surface area contributed by atoms with Crippen molar-refractivity contribution in [3.05, 3.63) is 48.0 Å². The fourth-order valence-corrected chi connectivity index (χ4v) is 3.07. The predicted octanol–water partition coefficient (Wildman–Crippen LogP) is 3.57. The number of hydrogen-bond donors (Lipinski definition) is 1. The van der Waals surface area contributed by atoms with Gasteiger partial charge in [0.25, 0.3) is 0 Å². The molecular formula is C18H24N2. The van der Waals surface area contributed by atoms with E-state index in [1.165, 1.54) is 42.3 Å². The summed E-state index contributed by atoms with van der Waals surface area (Å²) in [5.41, 5.74) is 7.66. The summed E-state index contributed by atoms with van der Waals surface area (Å²) in [7, 11) is 0. The van der Waals surface area contributed by atoms with Gasteiger partial charge in [-0.2, -0.15) is 0 Å². The molecule has 3 rings (SSSR count). The molecule has 106 valence electrons. The second-order valence-electron chi connectivity index (χ2n) is 6.20. The summed E-state index contributed by atoms with van der Waals surface area (Å²) in [5.74, 6) is 0.878. The normalized spacial score (nSPS) is 19.3. The Hall–Kier alpha value is -1.38. The van der Waals surface area contributed by atoms with E-state index in [1.54, 1.807) is 0 Å². The van der Waals surface area contributed by atoms with E-state index in [9.17, 15) is 0 Å². The van der Waals surface area contributed by atoms with Gasteiger partial charge in [0.2, 0.25) is 0 Å². The minimum absolute atomic E-state index is 0.119. The van der Waals surface area contributed by atoms with Gasteiger partial charge in [-0.05, 0) is 54.3 Å². The lowest BCUT2D eigenvalue weighted by Crippen LogP contribution is -2.38. The van der Waals surface area contributed by atoms with Gasteiger partial charge < -0.3 is 10.6 Å². The Kier molecular flexibility index (Phi) is 4.04. The molecule has 1 heterocycles. The first-order valence-corrected chi connectivity index (χ1v) is 7.69. The van der Waals surface area contributed by atoms with Gasteiger partial charge in [0.1, 0.15) is 0 Å². The highest BCUT2D eigenvalue weighted by atomic mass is 15.1. The van der Waals surface area contributed by atoms with E-state index in [2.05, 4.69) is 54.3 Å². The highest BCUT2D eigenvalue weighted by Crippen LogP contribution is 2.22. The Morgan fingerprint density at radius 3 is 2.55 bits per heavy atom. The number of likely N-dealkylation sites (tertiary alicyclic amines) is 1. The van der Waals surface area contributed by atoms with Crippen molar-refractivity contribution in [3.63, 3.8) is 0 Å². The van der Waals surface area contributed by atoms with Crippen LogP contribution in [0.25, 0.3) is 10.8 Å². The number of hydrogen-bond acceptors (Lipinski definition) is 2. The molecule has 0 aromatic heterocycles. The molecule has 0 radical (unpaired) electrons. The Balaban J connectivity index is 1.70. The van der Waals surface area contributed by atoms with E-state index >= 15 is 0 Å². The van der Waals surface area contributed by atoms with Crippen LogP contribution >= 0.6 is 0 Å². The number of piperidine rings is 1. The zero-order valence-electron chi connectivity index (χ0n) is 12.3. The molecule has 2 aromatic carbocycles. The lowest BCUT2D eigenvalue weighted by Gasteiger charge is -2.32. The smallest absolute Gasteiger partial charge is 0.0424 e. The van der Waals surface area contributed by atoms with Crippen LogP contribution in [0.1, 0.15) is 31.4 Å². The number of benzene rings is 2. The molecule has 1 aliphatic heterocycles. The molecule has 0 spiro atoms. The average Bonchev–Trinajstić information content (AvgIpc) is 2.49. The lowest BCUT2D eigenvalue weighted by atomic mass is 9.97. The molecule has 0 saturated carbocycles.